The lowest BCUT2D eigenvalue weighted by Gasteiger charge is -2.24. The molecule has 0 radical (unpaired) electrons. The Labute approximate surface area is 145 Å². The van der Waals surface area contributed by atoms with Crippen LogP contribution >= 0.6 is 11.8 Å². The number of hydrogen-bond acceptors (Lipinski definition) is 4. The number of H-pyrrole nitrogens is 1. The van der Waals surface area contributed by atoms with Gasteiger partial charge in [-0.25, -0.2) is 9.89 Å². The van der Waals surface area contributed by atoms with Crippen molar-refractivity contribution in [2.24, 2.45) is 0 Å². The number of nitrogens with zero attached hydrogens (tertiary/aromatic N) is 3. The average molecular weight is 346 g/mol. The van der Waals surface area contributed by atoms with E-state index >= 15 is 0 Å². The lowest BCUT2D eigenvalue weighted by molar-refractivity contribution is -0.130. The monoisotopic (exact) mass is 346 g/mol. The molecule has 1 atom stereocenters. The molecule has 0 spiro atoms. The molecule has 1 fully saturated rings. The van der Waals surface area contributed by atoms with E-state index in [0.29, 0.717) is 18.2 Å². The van der Waals surface area contributed by atoms with Gasteiger partial charge in [0, 0.05) is 19.1 Å². The molecule has 7 heteroatoms. The highest BCUT2D eigenvalue weighted by molar-refractivity contribution is 8.00. The lowest BCUT2D eigenvalue weighted by atomic mass is 10.2. The van der Waals surface area contributed by atoms with Crippen molar-refractivity contribution in [2.45, 2.75) is 49.7 Å². The summed E-state index contributed by atoms with van der Waals surface area (Å²) in [6.07, 6.45) is 2.01. The molecule has 1 amide bonds. The number of nitrogens with one attached hydrogen (secondary N) is 1. The molecule has 2 aromatic rings. The Morgan fingerprint density at radius 3 is 2.75 bits per heavy atom. The Bertz CT molecular complexity index is 751. The summed E-state index contributed by atoms with van der Waals surface area (Å²) in [6.45, 7) is 5.09. The van der Waals surface area contributed by atoms with Gasteiger partial charge in [-0.05, 0) is 32.3 Å². The van der Waals surface area contributed by atoms with Gasteiger partial charge in [0.15, 0.2) is 5.16 Å². The SMILES string of the molecule is CCN(Cc1ccccc1)C(=O)C(C)Sc1n[nH]c(=O)n1C1CC1. The molecule has 1 aliphatic carbocycles. The maximum Gasteiger partial charge on any atom is 0.344 e. The Kier molecular flexibility index (Phi) is 5.08. The molecule has 1 unspecified atom stereocenters. The van der Waals surface area contributed by atoms with Crippen molar-refractivity contribution in [3.8, 4) is 0 Å². The fourth-order valence-corrected chi connectivity index (χ4v) is 3.65. The first-order valence-corrected chi connectivity index (χ1v) is 9.14. The first-order valence-electron chi connectivity index (χ1n) is 8.26. The maximum atomic E-state index is 12.8. The Balaban J connectivity index is 1.68. The van der Waals surface area contributed by atoms with Crippen LogP contribution in [0.2, 0.25) is 0 Å². The Morgan fingerprint density at radius 2 is 2.12 bits per heavy atom. The van der Waals surface area contributed by atoms with Gasteiger partial charge in [-0.3, -0.25) is 9.36 Å². The number of carbonyl (C=O) groups excluding carboxylic acids is 1. The number of aromatic nitrogens is 3. The summed E-state index contributed by atoms with van der Waals surface area (Å²) in [5.41, 5.74) is 0.927. The fraction of sp³-hybridized carbons (Fsp3) is 0.471. The zero-order chi connectivity index (χ0) is 17.1. The molecule has 3 rings (SSSR count). The summed E-state index contributed by atoms with van der Waals surface area (Å²) < 4.78 is 1.68. The lowest BCUT2D eigenvalue weighted by Crippen LogP contribution is -2.36. The van der Waals surface area contributed by atoms with Crippen LogP contribution in [0.15, 0.2) is 40.3 Å². The molecule has 1 aliphatic rings. The summed E-state index contributed by atoms with van der Waals surface area (Å²) >= 11 is 1.35. The molecule has 1 saturated carbocycles. The van der Waals surface area contributed by atoms with Gasteiger partial charge >= 0.3 is 5.69 Å². The van der Waals surface area contributed by atoms with Crippen LogP contribution in [-0.2, 0) is 11.3 Å². The van der Waals surface area contributed by atoms with Gasteiger partial charge in [-0.2, -0.15) is 0 Å². The number of benzene rings is 1. The predicted octanol–water partition coefficient (Wildman–Crippen LogP) is 2.44. The second-order valence-corrected chi connectivity index (χ2v) is 7.32. The van der Waals surface area contributed by atoms with Crippen molar-refractivity contribution in [2.75, 3.05) is 6.54 Å². The molecule has 0 saturated heterocycles. The quantitative estimate of drug-likeness (QED) is 0.782. The van der Waals surface area contributed by atoms with Crippen LogP contribution in [-0.4, -0.2) is 37.4 Å². The smallest absolute Gasteiger partial charge is 0.338 e. The highest BCUT2D eigenvalue weighted by Gasteiger charge is 2.30. The van der Waals surface area contributed by atoms with Crippen LogP contribution in [0.5, 0.6) is 0 Å². The van der Waals surface area contributed by atoms with Crippen LogP contribution in [0.4, 0.5) is 0 Å². The molecule has 128 valence electrons. The normalized spacial score (nSPS) is 15.2. The van der Waals surface area contributed by atoms with E-state index in [1.54, 1.807) is 4.57 Å². The highest BCUT2D eigenvalue weighted by atomic mass is 32.2. The van der Waals surface area contributed by atoms with Gasteiger partial charge in [0.2, 0.25) is 5.91 Å². The third-order valence-corrected chi connectivity index (χ3v) is 5.18. The number of aromatic amines is 1. The molecule has 6 nitrogen and oxygen atoms in total. The molecule has 1 aromatic heterocycles. The maximum absolute atomic E-state index is 12.8. The minimum Gasteiger partial charge on any atom is -0.338 e. The van der Waals surface area contributed by atoms with Crippen molar-refractivity contribution in [3.63, 3.8) is 0 Å². The fourth-order valence-electron chi connectivity index (χ4n) is 2.64. The van der Waals surface area contributed by atoms with Crippen molar-refractivity contribution >= 4 is 17.7 Å². The number of hydrogen-bond donors (Lipinski definition) is 1. The molecular weight excluding hydrogens is 324 g/mol. The molecule has 1 N–H and O–H groups in total. The molecule has 1 aromatic carbocycles. The van der Waals surface area contributed by atoms with Crippen LogP contribution < -0.4 is 5.69 Å². The number of rotatable bonds is 7. The molecule has 1 heterocycles. The van der Waals surface area contributed by atoms with Crippen molar-refractivity contribution in [1.29, 1.82) is 0 Å². The zero-order valence-corrected chi connectivity index (χ0v) is 14.8. The minimum atomic E-state index is -0.290. The van der Waals surface area contributed by atoms with Gasteiger partial charge in [0.25, 0.3) is 0 Å². The van der Waals surface area contributed by atoms with Crippen molar-refractivity contribution in [1.82, 2.24) is 19.7 Å². The van der Waals surface area contributed by atoms with Gasteiger partial charge in [-0.1, -0.05) is 42.1 Å². The van der Waals surface area contributed by atoms with Crippen LogP contribution in [0.25, 0.3) is 0 Å². The van der Waals surface area contributed by atoms with E-state index in [2.05, 4.69) is 10.2 Å². The minimum absolute atomic E-state index is 0.0594. The second-order valence-electron chi connectivity index (χ2n) is 6.01. The van der Waals surface area contributed by atoms with Crippen molar-refractivity contribution < 1.29 is 4.79 Å². The summed E-state index contributed by atoms with van der Waals surface area (Å²) in [4.78, 5) is 26.4. The highest BCUT2D eigenvalue weighted by Crippen LogP contribution is 2.36. The van der Waals surface area contributed by atoms with E-state index < -0.39 is 0 Å². The zero-order valence-electron chi connectivity index (χ0n) is 13.9. The average Bonchev–Trinajstić information content (AvgIpc) is 3.37. The van der Waals surface area contributed by atoms with Crippen LogP contribution in [0.1, 0.15) is 38.3 Å². The topological polar surface area (TPSA) is 71.0 Å². The standard InChI is InChI=1S/C17H22N4O2S/c1-3-20(11-13-7-5-4-6-8-13)15(22)12(2)24-17-19-18-16(23)21(17)14-9-10-14/h4-8,12,14H,3,9-11H2,1-2H3,(H,18,23). The van der Waals surface area contributed by atoms with Crippen LogP contribution in [0, 0.1) is 0 Å². The van der Waals surface area contributed by atoms with E-state index in [0.717, 1.165) is 18.4 Å². The van der Waals surface area contributed by atoms with Crippen LogP contribution in [0.3, 0.4) is 0 Å². The predicted molar refractivity (Wildman–Crippen MR) is 94.0 cm³/mol. The van der Waals surface area contributed by atoms with Gasteiger partial charge in [-0.15, -0.1) is 5.10 Å². The third-order valence-electron chi connectivity index (χ3n) is 4.12. The summed E-state index contributed by atoms with van der Waals surface area (Å²) in [5, 5.41) is 6.90. The Morgan fingerprint density at radius 1 is 1.42 bits per heavy atom. The Hall–Kier alpha value is -2.02. The first kappa shape index (κ1) is 16.8. The number of carbonyl (C=O) groups is 1. The summed E-state index contributed by atoms with van der Waals surface area (Å²) in [7, 11) is 0. The van der Waals surface area contributed by atoms with E-state index in [4.69, 9.17) is 0 Å². The number of amides is 1. The second kappa shape index (κ2) is 7.25. The van der Waals surface area contributed by atoms with E-state index in [9.17, 15) is 9.59 Å². The molecular formula is C17H22N4O2S. The molecule has 0 bridgehead atoms. The summed E-state index contributed by atoms with van der Waals surface area (Å²) in [5.74, 6) is 0.0594. The molecule has 24 heavy (non-hydrogen) atoms. The largest absolute Gasteiger partial charge is 0.344 e. The van der Waals surface area contributed by atoms with E-state index in [-0.39, 0.29) is 22.9 Å². The van der Waals surface area contributed by atoms with Crippen molar-refractivity contribution in [3.05, 3.63) is 46.4 Å². The summed E-state index contributed by atoms with van der Waals surface area (Å²) in [6, 6.07) is 10.2. The third kappa shape index (κ3) is 3.72. The van der Waals surface area contributed by atoms with Gasteiger partial charge in [0.1, 0.15) is 0 Å². The van der Waals surface area contributed by atoms with E-state index in [1.807, 2.05) is 49.1 Å². The first-order chi connectivity index (χ1) is 11.6. The van der Waals surface area contributed by atoms with Gasteiger partial charge in [0.05, 0.1) is 5.25 Å². The van der Waals surface area contributed by atoms with E-state index in [1.165, 1.54) is 11.8 Å². The van der Waals surface area contributed by atoms with Gasteiger partial charge < -0.3 is 4.90 Å². The number of thioether (sulfide) groups is 1. The molecule has 0 aliphatic heterocycles.